The molecule has 3 rings (SSSR count). The molecule has 7 heteroatoms. The highest BCUT2D eigenvalue weighted by atomic mass is 35.5. The first-order valence-electron chi connectivity index (χ1n) is 10.2. The van der Waals surface area contributed by atoms with E-state index in [0.29, 0.717) is 30.4 Å². The highest BCUT2D eigenvalue weighted by molar-refractivity contribution is 6.30. The highest BCUT2D eigenvalue weighted by Gasteiger charge is 2.26. The number of aromatic nitrogens is 1. The Balaban J connectivity index is 1.53. The molecule has 2 amide bonds. The van der Waals surface area contributed by atoms with Crippen LogP contribution in [-0.2, 0) is 11.3 Å². The Hall–Kier alpha value is -2.60. The van der Waals surface area contributed by atoms with Crippen LogP contribution >= 0.6 is 11.6 Å². The average Bonchev–Trinajstić information content (AvgIpc) is 2.73. The first-order valence-corrected chi connectivity index (χ1v) is 10.5. The number of amides is 2. The van der Waals surface area contributed by atoms with Gasteiger partial charge in [0.1, 0.15) is 17.5 Å². The normalized spacial score (nSPS) is 15.0. The van der Waals surface area contributed by atoms with Crippen LogP contribution in [0, 0.1) is 5.41 Å². The summed E-state index contributed by atoms with van der Waals surface area (Å²) >= 11 is 5.91. The van der Waals surface area contributed by atoms with Crippen molar-refractivity contribution < 1.29 is 14.3 Å². The number of nitrogens with zero attached hydrogens (tertiary/aromatic N) is 2. The molecule has 0 unspecified atom stereocenters. The van der Waals surface area contributed by atoms with Crippen molar-refractivity contribution >= 4 is 23.4 Å². The zero-order chi connectivity index (χ0) is 21.7. The van der Waals surface area contributed by atoms with Crippen LogP contribution in [0.3, 0.4) is 0 Å². The van der Waals surface area contributed by atoms with Crippen LogP contribution in [0.25, 0.3) is 0 Å². The van der Waals surface area contributed by atoms with Gasteiger partial charge in [0, 0.05) is 49.1 Å². The summed E-state index contributed by atoms with van der Waals surface area (Å²) in [6.07, 6.45) is 3.20. The number of hydrogen-bond donors (Lipinski definition) is 1. The van der Waals surface area contributed by atoms with E-state index in [1.807, 2.05) is 43.9 Å². The number of carbonyl (C=O) groups excluding carboxylic acids is 2. The lowest BCUT2D eigenvalue weighted by molar-refractivity contribution is -0.128. The molecule has 1 aliphatic rings. The number of rotatable bonds is 5. The van der Waals surface area contributed by atoms with Gasteiger partial charge in [0.2, 0.25) is 5.91 Å². The van der Waals surface area contributed by atoms with Gasteiger partial charge >= 0.3 is 0 Å². The summed E-state index contributed by atoms with van der Waals surface area (Å²) in [5.41, 5.74) is 0.797. The largest absolute Gasteiger partial charge is 0.490 e. The molecule has 0 atom stereocenters. The zero-order valence-electron chi connectivity index (χ0n) is 17.7. The number of nitrogens with one attached hydrogen (secondary N) is 1. The SMILES string of the molecule is CC(C)(C)C(=O)NCc1ccnc(C(=O)N2CCC(Oc3ccc(Cl)cc3)CC2)c1. The second kappa shape index (κ2) is 9.47. The number of carbonyl (C=O) groups is 2. The van der Waals surface area contributed by atoms with Crippen LogP contribution in [0.5, 0.6) is 5.75 Å². The van der Waals surface area contributed by atoms with Crippen molar-refractivity contribution in [2.24, 2.45) is 5.41 Å². The van der Waals surface area contributed by atoms with Gasteiger partial charge < -0.3 is 15.0 Å². The van der Waals surface area contributed by atoms with E-state index in [9.17, 15) is 9.59 Å². The molecule has 1 aromatic carbocycles. The van der Waals surface area contributed by atoms with Gasteiger partial charge in [-0.05, 0) is 42.0 Å². The van der Waals surface area contributed by atoms with Gasteiger partial charge in [0.25, 0.3) is 5.91 Å². The summed E-state index contributed by atoms with van der Waals surface area (Å²) in [5.74, 6) is 0.662. The van der Waals surface area contributed by atoms with E-state index >= 15 is 0 Å². The molecule has 2 aromatic rings. The van der Waals surface area contributed by atoms with Gasteiger partial charge in [-0.2, -0.15) is 0 Å². The lowest BCUT2D eigenvalue weighted by Gasteiger charge is -2.32. The minimum absolute atomic E-state index is 0.0325. The summed E-state index contributed by atoms with van der Waals surface area (Å²) in [6, 6.07) is 10.9. The van der Waals surface area contributed by atoms with Crippen LogP contribution in [0.1, 0.15) is 49.7 Å². The standard InChI is InChI=1S/C23H28ClN3O3/c1-23(2,3)22(29)26-15-16-8-11-25-20(14-16)21(28)27-12-9-19(10-13-27)30-18-6-4-17(24)5-7-18/h4-8,11,14,19H,9-10,12-13,15H2,1-3H3,(H,26,29). The predicted octanol–water partition coefficient (Wildman–Crippen LogP) is 4.08. The van der Waals surface area contributed by atoms with Crippen LogP contribution in [0.2, 0.25) is 5.02 Å². The maximum absolute atomic E-state index is 12.9. The van der Waals surface area contributed by atoms with E-state index in [1.54, 1.807) is 24.4 Å². The molecule has 1 aliphatic heterocycles. The Morgan fingerprint density at radius 1 is 1.17 bits per heavy atom. The molecule has 1 N–H and O–H groups in total. The summed E-state index contributed by atoms with van der Waals surface area (Å²) < 4.78 is 5.99. The van der Waals surface area contributed by atoms with E-state index in [-0.39, 0.29) is 17.9 Å². The lowest BCUT2D eigenvalue weighted by Crippen LogP contribution is -2.42. The third-order valence-corrected chi connectivity index (χ3v) is 5.28. The van der Waals surface area contributed by atoms with Crippen LogP contribution in [-0.4, -0.2) is 40.9 Å². The van der Waals surface area contributed by atoms with Crippen LogP contribution < -0.4 is 10.1 Å². The van der Waals surface area contributed by atoms with Gasteiger partial charge in [-0.15, -0.1) is 0 Å². The van der Waals surface area contributed by atoms with E-state index in [2.05, 4.69) is 10.3 Å². The number of hydrogen-bond acceptors (Lipinski definition) is 4. The number of ether oxygens (including phenoxy) is 1. The van der Waals surface area contributed by atoms with E-state index in [1.165, 1.54) is 0 Å². The van der Waals surface area contributed by atoms with E-state index in [0.717, 1.165) is 24.2 Å². The number of pyridine rings is 1. The van der Waals surface area contributed by atoms with Crippen LogP contribution in [0.4, 0.5) is 0 Å². The fourth-order valence-electron chi connectivity index (χ4n) is 3.19. The number of halogens is 1. The number of likely N-dealkylation sites (tertiary alicyclic amines) is 1. The summed E-state index contributed by atoms with van der Waals surface area (Å²) in [6.45, 7) is 7.20. The molecule has 160 valence electrons. The highest BCUT2D eigenvalue weighted by Crippen LogP contribution is 2.22. The third kappa shape index (κ3) is 5.95. The fraction of sp³-hybridized carbons (Fsp3) is 0.435. The molecule has 6 nitrogen and oxygen atoms in total. The van der Waals surface area contributed by atoms with Crippen LogP contribution in [0.15, 0.2) is 42.6 Å². The first kappa shape index (κ1) is 22.1. The minimum Gasteiger partial charge on any atom is -0.490 e. The Morgan fingerprint density at radius 2 is 1.83 bits per heavy atom. The zero-order valence-corrected chi connectivity index (χ0v) is 18.4. The van der Waals surface area contributed by atoms with Crippen molar-refractivity contribution in [3.8, 4) is 5.75 Å². The molecule has 0 spiro atoms. The molecular weight excluding hydrogens is 402 g/mol. The summed E-state index contributed by atoms with van der Waals surface area (Å²) in [5, 5.41) is 3.58. The lowest BCUT2D eigenvalue weighted by atomic mass is 9.95. The number of piperidine rings is 1. The summed E-state index contributed by atoms with van der Waals surface area (Å²) in [4.78, 5) is 31.0. The maximum Gasteiger partial charge on any atom is 0.272 e. The van der Waals surface area contributed by atoms with Gasteiger partial charge in [0.15, 0.2) is 0 Å². The Kier molecular flexibility index (Phi) is 6.98. The molecule has 30 heavy (non-hydrogen) atoms. The molecule has 0 saturated carbocycles. The molecule has 0 bridgehead atoms. The first-order chi connectivity index (χ1) is 14.2. The quantitative estimate of drug-likeness (QED) is 0.777. The second-order valence-electron chi connectivity index (χ2n) is 8.55. The average molecular weight is 430 g/mol. The Labute approximate surface area is 182 Å². The molecule has 0 radical (unpaired) electrons. The molecular formula is C23H28ClN3O3. The summed E-state index contributed by atoms with van der Waals surface area (Å²) in [7, 11) is 0. The van der Waals surface area contributed by atoms with Crippen molar-refractivity contribution in [2.45, 2.75) is 46.3 Å². The third-order valence-electron chi connectivity index (χ3n) is 5.02. The smallest absolute Gasteiger partial charge is 0.272 e. The van der Waals surface area contributed by atoms with Crippen molar-refractivity contribution in [3.63, 3.8) is 0 Å². The monoisotopic (exact) mass is 429 g/mol. The fourth-order valence-corrected chi connectivity index (χ4v) is 3.32. The Bertz CT molecular complexity index is 885. The van der Waals surface area contributed by atoms with Crippen molar-refractivity contribution in [3.05, 3.63) is 58.9 Å². The topological polar surface area (TPSA) is 71.5 Å². The van der Waals surface area contributed by atoms with Gasteiger partial charge in [-0.1, -0.05) is 32.4 Å². The molecule has 2 heterocycles. The molecule has 0 aliphatic carbocycles. The Morgan fingerprint density at radius 3 is 2.47 bits per heavy atom. The van der Waals surface area contributed by atoms with Gasteiger partial charge in [-0.3, -0.25) is 14.6 Å². The molecule has 1 saturated heterocycles. The molecule has 1 fully saturated rings. The number of benzene rings is 1. The van der Waals surface area contributed by atoms with E-state index < -0.39 is 5.41 Å². The van der Waals surface area contributed by atoms with Crippen molar-refractivity contribution in [1.82, 2.24) is 15.2 Å². The van der Waals surface area contributed by atoms with Gasteiger partial charge in [0.05, 0.1) is 0 Å². The second-order valence-corrected chi connectivity index (χ2v) is 8.98. The minimum atomic E-state index is -0.454. The molecule has 1 aromatic heterocycles. The van der Waals surface area contributed by atoms with Crippen molar-refractivity contribution in [2.75, 3.05) is 13.1 Å². The van der Waals surface area contributed by atoms with E-state index in [4.69, 9.17) is 16.3 Å². The maximum atomic E-state index is 12.9. The van der Waals surface area contributed by atoms with Crippen molar-refractivity contribution in [1.29, 1.82) is 0 Å². The van der Waals surface area contributed by atoms with Gasteiger partial charge in [-0.25, -0.2) is 0 Å². The predicted molar refractivity (Wildman–Crippen MR) is 117 cm³/mol.